The highest BCUT2D eigenvalue weighted by Gasteiger charge is 2.27. The van der Waals surface area contributed by atoms with Gasteiger partial charge in [0.2, 0.25) is 5.91 Å². The van der Waals surface area contributed by atoms with Crippen LogP contribution in [0, 0.1) is 12.7 Å². The average molecular weight is 333 g/mol. The molecule has 1 aromatic heterocycles. The van der Waals surface area contributed by atoms with E-state index in [-0.39, 0.29) is 29.7 Å². The number of benzene rings is 1. The fraction of sp³-hybridized carbons (Fsp3) is 0.312. The van der Waals surface area contributed by atoms with E-state index in [4.69, 9.17) is 0 Å². The third kappa shape index (κ3) is 3.44. The van der Waals surface area contributed by atoms with E-state index in [0.717, 1.165) is 5.56 Å². The van der Waals surface area contributed by atoms with E-state index in [0.29, 0.717) is 23.0 Å². The van der Waals surface area contributed by atoms with Crippen molar-refractivity contribution in [3.8, 4) is 0 Å². The van der Waals surface area contributed by atoms with E-state index in [1.807, 2.05) is 0 Å². The molecule has 1 aromatic carbocycles. The number of nitrogens with zero attached hydrogens (tertiary/aromatic N) is 2. The third-order valence-electron chi connectivity index (χ3n) is 3.72. The molecule has 120 valence electrons. The summed E-state index contributed by atoms with van der Waals surface area (Å²) in [6.07, 6.45) is 1.80. The summed E-state index contributed by atoms with van der Waals surface area (Å²) in [7, 11) is 0. The van der Waals surface area contributed by atoms with Crippen LogP contribution >= 0.6 is 11.8 Å². The lowest BCUT2D eigenvalue weighted by Gasteiger charge is -2.13. The Morgan fingerprint density at radius 3 is 2.91 bits per heavy atom. The van der Waals surface area contributed by atoms with Crippen LogP contribution in [0.3, 0.4) is 0 Å². The number of fused-ring (bicyclic) bond motifs is 1. The number of nitrogens with one attached hydrogen (secondary N) is 1. The number of halogens is 1. The molecule has 1 aliphatic heterocycles. The van der Waals surface area contributed by atoms with Crippen molar-refractivity contribution in [3.63, 3.8) is 0 Å². The molecule has 0 saturated heterocycles. The molecule has 0 unspecified atom stereocenters. The molecular weight excluding hydrogens is 317 g/mol. The largest absolute Gasteiger partial charge is 0.352 e. The maximum atomic E-state index is 12.8. The van der Waals surface area contributed by atoms with Crippen LogP contribution in [0.1, 0.15) is 23.6 Å². The van der Waals surface area contributed by atoms with Gasteiger partial charge < -0.3 is 5.32 Å². The van der Waals surface area contributed by atoms with Crippen LogP contribution in [0.25, 0.3) is 0 Å². The fourth-order valence-electron chi connectivity index (χ4n) is 2.46. The van der Waals surface area contributed by atoms with Crippen LogP contribution in [-0.2, 0) is 11.3 Å². The number of hydrogen-bond donors (Lipinski definition) is 1. The summed E-state index contributed by atoms with van der Waals surface area (Å²) in [5.74, 6) is 0.221. The second-order valence-corrected chi connectivity index (χ2v) is 6.46. The third-order valence-corrected chi connectivity index (χ3v) is 4.84. The molecule has 7 heteroatoms. The number of amides is 1. The maximum Gasteiger partial charge on any atom is 0.257 e. The summed E-state index contributed by atoms with van der Waals surface area (Å²) in [6, 6.07) is 5.81. The average Bonchev–Trinajstić information content (AvgIpc) is 2.94. The first-order valence-corrected chi connectivity index (χ1v) is 8.25. The highest BCUT2D eigenvalue weighted by Crippen LogP contribution is 2.31. The van der Waals surface area contributed by atoms with Crippen LogP contribution < -0.4 is 10.9 Å². The van der Waals surface area contributed by atoms with Crippen molar-refractivity contribution in [2.24, 2.45) is 0 Å². The molecule has 1 aliphatic rings. The Bertz CT molecular complexity index is 789. The molecule has 1 N–H and O–H groups in total. The Morgan fingerprint density at radius 1 is 1.43 bits per heavy atom. The van der Waals surface area contributed by atoms with Crippen molar-refractivity contribution in [2.45, 2.75) is 31.1 Å². The van der Waals surface area contributed by atoms with Crippen LogP contribution in [0.15, 0.2) is 40.4 Å². The summed E-state index contributed by atoms with van der Waals surface area (Å²) in [6.45, 7) is 2.06. The fourth-order valence-corrected chi connectivity index (χ4v) is 3.57. The number of carbonyl (C=O) groups excluding carboxylic acids is 1. The van der Waals surface area contributed by atoms with Gasteiger partial charge in [-0.2, -0.15) is 0 Å². The van der Waals surface area contributed by atoms with E-state index in [9.17, 15) is 14.0 Å². The zero-order valence-electron chi connectivity index (χ0n) is 12.6. The monoisotopic (exact) mass is 333 g/mol. The number of aromatic nitrogens is 2. The molecule has 0 fully saturated rings. The van der Waals surface area contributed by atoms with Crippen LogP contribution in [0.5, 0.6) is 0 Å². The molecule has 1 atom stereocenters. The van der Waals surface area contributed by atoms with Crippen LogP contribution in [0.2, 0.25) is 0 Å². The van der Waals surface area contributed by atoms with Gasteiger partial charge in [-0.1, -0.05) is 23.9 Å². The van der Waals surface area contributed by atoms with E-state index >= 15 is 0 Å². The molecule has 2 heterocycles. The molecule has 0 spiro atoms. The van der Waals surface area contributed by atoms with Crippen molar-refractivity contribution in [1.29, 1.82) is 0 Å². The second-order valence-electron chi connectivity index (χ2n) is 5.47. The minimum atomic E-state index is -0.304. The van der Waals surface area contributed by atoms with Gasteiger partial charge in [0.25, 0.3) is 5.56 Å². The zero-order valence-corrected chi connectivity index (χ0v) is 13.4. The van der Waals surface area contributed by atoms with Gasteiger partial charge in [-0.25, -0.2) is 9.37 Å². The highest BCUT2D eigenvalue weighted by molar-refractivity contribution is 7.99. The lowest BCUT2D eigenvalue weighted by Crippen LogP contribution is -2.31. The van der Waals surface area contributed by atoms with Gasteiger partial charge in [-0.3, -0.25) is 14.2 Å². The van der Waals surface area contributed by atoms with Crippen molar-refractivity contribution < 1.29 is 9.18 Å². The molecule has 1 amide bonds. The first kappa shape index (κ1) is 15.7. The summed E-state index contributed by atoms with van der Waals surface area (Å²) >= 11 is 1.49. The summed E-state index contributed by atoms with van der Waals surface area (Å²) in [5.41, 5.74) is 1.32. The standard InChI is InChI=1S/C16H16FN3O2S/c1-10-7-19-16-20(15(10)22)13(9-23-16)6-14(21)18-8-11-2-4-12(17)5-3-11/h2-5,7,13H,6,8-9H2,1H3,(H,18,21)/t13-/m1/s1. The SMILES string of the molecule is Cc1cnc2n(c1=O)[C@H](CC(=O)NCc1ccc(F)cc1)CS2. The molecule has 0 aliphatic carbocycles. The summed E-state index contributed by atoms with van der Waals surface area (Å²) in [5, 5.41) is 3.47. The zero-order chi connectivity index (χ0) is 16.4. The van der Waals surface area contributed by atoms with Gasteiger partial charge >= 0.3 is 0 Å². The normalized spacial score (nSPS) is 16.2. The number of hydrogen-bond acceptors (Lipinski definition) is 4. The minimum Gasteiger partial charge on any atom is -0.352 e. The van der Waals surface area contributed by atoms with Crippen LogP contribution in [0.4, 0.5) is 4.39 Å². The van der Waals surface area contributed by atoms with E-state index < -0.39 is 0 Å². The first-order chi connectivity index (χ1) is 11.0. The van der Waals surface area contributed by atoms with Crippen LogP contribution in [-0.4, -0.2) is 21.2 Å². The van der Waals surface area contributed by atoms with E-state index in [1.165, 1.54) is 23.9 Å². The van der Waals surface area contributed by atoms with Crippen molar-refractivity contribution >= 4 is 17.7 Å². The van der Waals surface area contributed by atoms with E-state index in [1.54, 1.807) is 29.8 Å². The highest BCUT2D eigenvalue weighted by atomic mass is 32.2. The summed E-state index contributed by atoms with van der Waals surface area (Å²) < 4.78 is 14.4. The smallest absolute Gasteiger partial charge is 0.257 e. The molecule has 0 saturated carbocycles. The molecule has 5 nitrogen and oxygen atoms in total. The Balaban J connectivity index is 1.63. The topological polar surface area (TPSA) is 64.0 Å². The Hall–Kier alpha value is -2.15. The molecule has 2 aromatic rings. The number of thioether (sulfide) groups is 1. The Kier molecular flexibility index (Phi) is 4.47. The Labute approximate surface area is 136 Å². The van der Waals surface area contributed by atoms with Crippen molar-refractivity contribution in [2.75, 3.05) is 5.75 Å². The molecule has 3 rings (SSSR count). The Morgan fingerprint density at radius 2 is 2.17 bits per heavy atom. The first-order valence-electron chi connectivity index (χ1n) is 7.26. The van der Waals surface area contributed by atoms with Gasteiger partial charge in [0.05, 0.1) is 6.04 Å². The lowest BCUT2D eigenvalue weighted by molar-refractivity contribution is -0.121. The minimum absolute atomic E-state index is 0.0867. The van der Waals surface area contributed by atoms with Gasteiger partial charge in [0, 0.05) is 30.5 Å². The van der Waals surface area contributed by atoms with Gasteiger partial charge in [-0.05, 0) is 24.6 Å². The molecule has 23 heavy (non-hydrogen) atoms. The predicted octanol–water partition coefficient (Wildman–Crippen LogP) is 2.04. The number of aryl methyl sites for hydroxylation is 1. The van der Waals surface area contributed by atoms with Gasteiger partial charge in [0.1, 0.15) is 5.82 Å². The molecule has 0 radical (unpaired) electrons. The number of carbonyl (C=O) groups is 1. The van der Waals surface area contributed by atoms with E-state index in [2.05, 4.69) is 10.3 Å². The number of rotatable bonds is 4. The predicted molar refractivity (Wildman–Crippen MR) is 85.9 cm³/mol. The lowest BCUT2D eigenvalue weighted by atomic mass is 10.2. The quantitative estimate of drug-likeness (QED) is 0.870. The van der Waals surface area contributed by atoms with Crippen molar-refractivity contribution in [3.05, 3.63) is 57.8 Å². The molecule has 0 bridgehead atoms. The second kappa shape index (κ2) is 6.54. The molecular formula is C16H16FN3O2S. The van der Waals surface area contributed by atoms with Gasteiger partial charge in [0.15, 0.2) is 5.16 Å². The van der Waals surface area contributed by atoms with Gasteiger partial charge in [-0.15, -0.1) is 0 Å². The van der Waals surface area contributed by atoms with Crippen molar-refractivity contribution in [1.82, 2.24) is 14.9 Å². The summed E-state index contributed by atoms with van der Waals surface area (Å²) in [4.78, 5) is 28.6. The maximum absolute atomic E-state index is 12.8.